The van der Waals surface area contributed by atoms with E-state index in [1.807, 2.05) is 24.3 Å². The number of nitrogens with zero attached hydrogens (tertiary/aromatic N) is 3. The van der Waals surface area contributed by atoms with Crippen LogP contribution in [-0.2, 0) is 0 Å². The van der Waals surface area contributed by atoms with Gasteiger partial charge in [-0.15, -0.1) is 10.2 Å². The van der Waals surface area contributed by atoms with Crippen LogP contribution in [0.15, 0.2) is 24.3 Å². The third-order valence-electron chi connectivity index (χ3n) is 3.06. The Bertz CT molecular complexity index is 480. The summed E-state index contributed by atoms with van der Waals surface area (Å²) in [7, 11) is 0. The fourth-order valence-electron chi connectivity index (χ4n) is 1.77. The molecule has 0 amide bonds. The molecule has 1 N–H and O–H groups in total. The van der Waals surface area contributed by atoms with Crippen LogP contribution in [0.1, 0.15) is 26.7 Å². The Balaban J connectivity index is 2.09. The van der Waals surface area contributed by atoms with E-state index in [0.29, 0.717) is 11.9 Å². The second-order valence-corrected chi connectivity index (χ2v) is 4.19. The van der Waals surface area contributed by atoms with Crippen molar-refractivity contribution in [3.05, 3.63) is 24.3 Å². The van der Waals surface area contributed by atoms with E-state index in [9.17, 15) is 0 Å². The normalized spacial score (nSPS) is 11.0. The molecule has 0 saturated heterocycles. The fourth-order valence-corrected chi connectivity index (χ4v) is 1.77. The van der Waals surface area contributed by atoms with Crippen LogP contribution in [0.3, 0.4) is 0 Å². The molecule has 4 nitrogen and oxygen atoms in total. The first kappa shape index (κ1) is 11.8. The zero-order valence-corrected chi connectivity index (χ0v) is 10.3. The lowest BCUT2D eigenvalue weighted by Gasteiger charge is -2.12. The lowest BCUT2D eigenvalue weighted by atomic mass is 10.0. The number of hydrogen-bond acceptors (Lipinski definition) is 4. The van der Waals surface area contributed by atoms with Gasteiger partial charge in [-0.25, -0.2) is 4.98 Å². The zero-order valence-electron chi connectivity index (χ0n) is 10.3. The van der Waals surface area contributed by atoms with E-state index in [1.54, 1.807) is 0 Å². The Kier molecular flexibility index (Phi) is 3.85. The minimum Gasteiger partial charge on any atom is -0.353 e. The van der Waals surface area contributed by atoms with Gasteiger partial charge < -0.3 is 5.32 Å². The van der Waals surface area contributed by atoms with E-state index in [4.69, 9.17) is 0 Å². The number of benzene rings is 1. The molecule has 0 aliphatic heterocycles. The Hall–Kier alpha value is -1.71. The van der Waals surface area contributed by atoms with Crippen molar-refractivity contribution in [2.45, 2.75) is 26.7 Å². The predicted molar refractivity (Wildman–Crippen MR) is 69.9 cm³/mol. The standard InChI is InChI=1S/C13H18N4/c1-3-10(4-2)9-14-13-15-11-7-5-6-8-12(11)16-17-13/h5-8,10H,3-4,9H2,1-2H3,(H,14,15,17). The van der Waals surface area contributed by atoms with E-state index >= 15 is 0 Å². The predicted octanol–water partition coefficient (Wildman–Crippen LogP) is 2.87. The summed E-state index contributed by atoms with van der Waals surface area (Å²) >= 11 is 0. The van der Waals surface area contributed by atoms with Gasteiger partial charge in [-0.3, -0.25) is 0 Å². The summed E-state index contributed by atoms with van der Waals surface area (Å²) in [6.45, 7) is 5.32. The number of anilines is 1. The molecule has 0 radical (unpaired) electrons. The molecule has 90 valence electrons. The smallest absolute Gasteiger partial charge is 0.243 e. The van der Waals surface area contributed by atoms with Gasteiger partial charge in [0.15, 0.2) is 0 Å². The van der Waals surface area contributed by atoms with Gasteiger partial charge in [0.25, 0.3) is 0 Å². The molecule has 0 fully saturated rings. The fraction of sp³-hybridized carbons (Fsp3) is 0.462. The van der Waals surface area contributed by atoms with Crippen LogP contribution >= 0.6 is 0 Å². The topological polar surface area (TPSA) is 50.7 Å². The minimum atomic E-state index is 0.621. The van der Waals surface area contributed by atoms with Crippen LogP contribution in [0.2, 0.25) is 0 Å². The van der Waals surface area contributed by atoms with Gasteiger partial charge in [0.2, 0.25) is 5.95 Å². The maximum absolute atomic E-state index is 4.43. The Labute approximate surface area is 101 Å². The molecule has 17 heavy (non-hydrogen) atoms. The Morgan fingerprint density at radius 3 is 2.47 bits per heavy atom. The van der Waals surface area contributed by atoms with Crippen molar-refractivity contribution < 1.29 is 0 Å². The summed E-state index contributed by atoms with van der Waals surface area (Å²) in [4.78, 5) is 4.43. The molecule has 0 saturated carbocycles. The van der Waals surface area contributed by atoms with Crippen molar-refractivity contribution in [3.63, 3.8) is 0 Å². The molecule has 0 spiro atoms. The van der Waals surface area contributed by atoms with Crippen molar-refractivity contribution in [3.8, 4) is 0 Å². The van der Waals surface area contributed by atoms with Crippen LogP contribution in [-0.4, -0.2) is 21.7 Å². The van der Waals surface area contributed by atoms with Gasteiger partial charge in [0.1, 0.15) is 5.52 Å². The summed E-state index contributed by atoms with van der Waals surface area (Å²) in [6.07, 6.45) is 2.34. The summed E-state index contributed by atoms with van der Waals surface area (Å²) < 4.78 is 0. The molecule has 0 atom stereocenters. The average Bonchev–Trinajstić information content (AvgIpc) is 2.40. The summed E-state index contributed by atoms with van der Waals surface area (Å²) in [5.74, 6) is 1.29. The third-order valence-corrected chi connectivity index (χ3v) is 3.06. The largest absolute Gasteiger partial charge is 0.353 e. The number of hydrogen-bond donors (Lipinski definition) is 1. The highest BCUT2D eigenvalue weighted by molar-refractivity contribution is 5.73. The third kappa shape index (κ3) is 2.90. The SMILES string of the molecule is CCC(CC)CNc1nnc2ccccc2n1. The quantitative estimate of drug-likeness (QED) is 0.858. The molecule has 0 aliphatic rings. The number of nitrogens with one attached hydrogen (secondary N) is 1. The zero-order chi connectivity index (χ0) is 12.1. The van der Waals surface area contributed by atoms with Crippen LogP contribution in [0.5, 0.6) is 0 Å². The van der Waals surface area contributed by atoms with Gasteiger partial charge >= 0.3 is 0 Å². The van der Waals surface area contributed by atoms with Crippen LogP contribution in [0.25, 0.3) is 11.0 Å². The minimum absolute atomic E-state index is 0.621. The summed E-state index contributed by atoms with van der Waals surface area (Å²) in [6, 6.07) is 7.77. The van der Waals surface area contributed by atoms with E-state index in [0.717, 1.165) is 17.6 Å². The first-order valence-electron chi connectivity index (χ1n) is 6.16. The van der Waals surface area contributed by atoms with E-state index < -0.39 is 0 Å². The van der Waals surface area contributed by atoms with Crippen LogP contribution < -0.4 is 5.32 Å². The molecule has 4 heteroatoms. The lowest BCUT2D eigenvalue weighted by Crippen LogP contribution is -2.14. The monoisotopic (exact) mass is 230 g/mol. The highest BCUT2D eigenvalue weighted by atomic mass is 15.2. The molecule has 0 unspecified atom stereocenters. The molecule has 0 bridgehead atoms. The first-order chi connectivity index (χ1) is 8.33. The molecule has 1 aromatic heterocycles. The highest BCUT2D eigenvalue weighted by Gasteiger charge is 2.05. The van der Waals surface area contributed by atoms with Gasteiger partial charge in [-0.1, -0.05) is 38.8 Å². The molecule has 2 aromatic rings. The number of rotatable bonds is 5. The molecule has 1 aromatic carbocycles. The molecule has 0 aliphatic carbocycles. The van der Waals surface area contributed by atoms with Gasteiger partial charge in [-0.2, -0.15) is 0 Å². The molecule has 1 heterocycles. The van der Waals surface area contributed by atoms with Crippen LogP contribution in [0, 0.1) is 5.92 Å². The average molecular weight is 230 g/mol. The Morgan fingerprint density at radius 1 is 1.06 bits per heavy atom. The van der Waals surface area contributed by atoms with Gasteiger partial charge in [0.05, 0.1) is 5.52 Å². The number of fused-ring (bicyclic) bond motifs is 1. The van der Waals surface area contributed by atoms with Crippen molar-refractivity contribution in [2.24, 2.45) is 5.92 Å². The maximum atomic E-state index is 4.43. The van der Waals surface area contributed by atoms with Crippen molar-refractivity contribution in [2.75, 3.05) is 11.9 Å². The maximum Gasteiger partial charge on any atom is 0.243 e. The van der Waals surface area contributed by atoms with Crippen molar-refractivity contribution in [1.82, 2.24) is 15.2 Å². The van der Waals surface area contributed by atoms with Crippen molar-refractivity contribution in [1.29, 1.82) is 0 Å². The lowest BCUT2D eigenvalue weighted by molar-refractivity contribution is 0.517. The van der Waals surface area contributed by atoms with Crippen LogP contribution in [0.4, 0.5) is 5.95 Å². The van der Waals surface area contributed by atoms with E-state index in [-0.39, 0.29) is 0 Å². The second kappa shape index (κ2) is 5.57. The summed E-state index contributed by atoms with van der Waals surface area (Å²) in [5, 5.41) is 11.5. The number of para-hydroxylation sites is 1. The molecular formula is C13H18N4. The first-order valence-corrected chi connectivity index (χ1v) is 6.16. The van der Waals surface area contributed by atoms with E-state index in [2.05, 4.69) is 34.3 Å². The second-order valence-electron chi connectivity index (χ2n) is 4.19. The summed E-state index contributed by atoms with van der Waals surface area (Å²) in [5.41, 5.74) is 1.72. The van der Waals surface area contributed by atoms with Gasteiger partial charge in [-0.05, 0) is 18.1 Å². The Morgan fingerprint density at radius 2 is 1.76 bits per heavy atom. The number of aromatic nitrogens is 3. The molecule has 2 rings (SSSR count). The highest BCUT2D eigenvalue weighted by Crippen LogP contribution is 2.11. The van der Waals surface area contributed by atoms with Crippen molar-refractivity contribution >= 4 is 17.0 Å². The van der Waals surface area contributed by atoms with E-state index in [1.165, 1.54) is 12.8 Å². The molecular weight excluding hydrogens is 212 g/mol. The van der Waals surface area contributed by atoms with Gasteiger partial charge in [0, 0.05) is 6.54 Å².